The molecule has 130 valence electrons. The Morgan fingerprint density at radius 3 is 0.727 bits per heavy atom. The lowest BCUT2D eigenvalue weighted by atomic mass is 9.59. The Bertz CT molecular complexity index is 319. The lowest BCUT2D eigenvalue weighted by molar-refractivity contribution is 0.0720. The summed E-state index contributed by atoms with van der Waals surface area (Å²) in [6, 6.07) is 0. The molecule has 0 N–H and O–H groups in total. The van der Waals surface area contributed by atoms with Gasteiger partial charge in [0.1, 0.15) is 0 Å². The molecular formula is C18H30Br4. The van der Waals surface area contributed by atoms with E-state index in [1.807, 2.05) is 0 Å². The van der Waals surface area contributed by atoms with E-state index in [-0.39, 0.29) is 0 Å². The highest BCUT2D eigenvalue weighted by Gasteiger charge is 2.53. The Morgan fingerprint density at radius 2 is 0.545 bits per heavy atom. The molecular weight excluding hydrogens is 536 g/mol. The summed E-state index contributed by atoms with van der Waals surface area (Å²) in [6.07, 6.45) is 0. The van der Waals surface area contributed by atoms with E-state index in [2.05, 4.69) is 105 Å². The van der Waals surface area contributed by atoms with E-state index >= 15 is 0 Å². The van der Waals surface area contributed by atoms with Crippen LogP contribution in [-0.2, 0) is 0 Å². The van der Waals surface area contributed by atoms with Gasteiger partial charge in [0.25, 0.3) is 0 Å². The van der Waals surface area contributed by atoms with Gasteiger partial charge in [-0.1, -0.05) is 105 Å². The topological polar surface area (TPSA) is 0 Å². The van der Waals surface area contributed by atoms with Crippen molar-refractivity contribution in [3.63, 3.8) is 0 Å². The quantitative estimate of drug-likeness (QED) is 0.297. The van der Waals surface area contributed by atoms with Gasteiger partial charge in [-0.3, -0.25) is 0 Å². The Labute approximate surface area is 170 Å². The first-order valence-electron chi connectivity index (χ1n) is 8.67. The van der Waals surface area contributed by atoms with Crippen LogP contribution in [0, 0.1) is 47.3 Å². The van der Waals surface area contributed by atoms with Crippen molar-refractivity contribution in [3.8, 4) is 0 Å². The lowest BCUT2D eigenvalue weighted by Gasteiger charge is -2.54. The van der Waals surface area contributed by atoms with Crippen molar-refractivity contribution in [1.29, 1.82) is 0 Å². The highest BCUT2D eigenvalue weighted by Crippen LogP contribution is 2.55. The molecule has 8 unspecified atom stereocenters. The predicted molar refractivity (Wildman–Crippen MR) is 113 cm³/mol. The Hall–Kier alpha value is 1.92. The molecule has 22 heavy (non-hydrogen) atoms. The second-order valence-corrected chi connectivity index (χ2v) is 12.3. The van der Waals surface area contributed by atoms with E-state index < -0.39 is 0 Å². The van der Waals surface area contributed by atoms with Crippen molar-refractivity contribution in [1.82, 2.24) is 0 Å². The molecule has 2 aliphatic rings. The molecule has 0 aliphatic heterocycles. The van der Waals surface area contributed by atoms with Gasteiger partial charge in [-0.2, -0.15) is 0 Å². The molecule has 0 spiro atoms. The van der Waals surface area contributed by atoms with Crippen LogP contribution in [0.2, 0.25) is 0 Å². The molecule has 2 rings (SSSR count). The van der Waals surface area contributed by atoms with Crippen LogP contribution in [0.3, 0.4) is 0 Å². The second kappa shape index (κ2) is 7.66. The third-order valence-corrected chi connectivity index (χ3v) is 13.0. The largest absolute Gasteiger partial charge is 0.0884 e. The molecule has 0 amide bonds. The van der Waals surface area contributed by atoms with Crippen molar-refractivity contribution in [2.24, 2.45) is 47.3 Å². The van der Waals surface area contributed by atoms with Gasteiger partial charge < -0.3 is 0 Å². The summed E-state index contributed by atoms with van der Waals surface area (Å²) in [5, 5.41) is 0. The van der Waals surface area contributed by atoms with Crippen LogP contribution in [0.25, 0.3) is 0 Å². The van der Waals surface area contributed by atoms with Gasteiger partial charge in [0, 0.05) is 19.3 Å². The van der Waals surface area contributed by atoms with Crippen molar-refractivity contribution >= 4 is 63.7 Å². The predicted octanol–water partition coefficient (Wildman–Crippen LogP) is 7.12. The first kappa shape index (κ1) is 20.2. The Morgan fingerprint density at radius 1 is 0.364 bits per heavy atom. The fraction of sp³-hybridized carbons (Fsp3) is 1.00. The van der Waals surface area contributed by atoms with Crippen molar-refractivity contribution in [2.45, 2.75) is 60.9 Å². The first-order chi connectivity index (χ1) is 10.1. The average molecular weight is 566 g/mol. The van der Waals surface area contributed by atoms with Gasteiger partial charge in [0.2, 0.25) is 0 Å². The summed E-state index contributed by atoms with van der Waals surface area (Å²) >= 11 is 16.4. The molecule has 2 saturated carbocycles. The normalized spacial score (nSPS) is 60.3. The van der Waals surface area contributed by atoms with E-state index in [1.165, 1.54) is 0 Å². The fourth-order valence-electron chi connectivity index (χ4n) is 4.72. The summed E-state index contributed by atoms with van der Waals surface area (Å²) in [5.41, 5.74) is 0. The van der Waals surface area contributed by atoms with Gasteiger partial charge >= 0.3 is 0 Å². The van der Waals surface area contributed by atoms with Crippen LogP contribution in [0.1, 0.15) is 41.5 Å². The lowest BCUT2D eigenvalue weighted by Crippen LogP contribution is -2.56. The van der Waals surface area contributed by atoms with Gasteiger partial charge in [-0.25, -0.2) is 0 Å². The molecule has 2 fully saturated rings. The van der Waals surface area contributed by atoms with E-state index in [0.717, 1.165) is 35.5 Å². The van der Waals surface area contributed by atoms with E-state index in [1.54, 1.807) is 0 Å². The number of halogens is 4. The molecule has 0 saturated heterocycles. The van der Waals surface area contributed by atoms with Crippen LogP contribution < -0.4 is 0 Å². The van der Waals surface area contributed by atoms with Crippen LogP contribution in [-0.4, -0.2) is 19.3 Å². The monoisotopic (exact) mass is 562 g/mol. The molecule has 0 heterocycles. The fourth-order valence-corrected chi connectivity index (χ4v) is 10.2. The summed E-state index contributed by atoms with van der Waals surface area (Å²) in [7, 11) is 0. The minimum Gasteiger partial charge on any atom is -0.0884 e. The van der Waals surface area contributed by atoms with Gasteiger partial charge in [-0.15, -0.1) is 0 Å². The Kier molecular flexibility index (Phi) is 7.04. The highest BCUT2D eigenvalue weighted by atomic mass is 79.9. The SMILES string of the molecule is CC1C(C)C(Br)C(C2C(Br)C(C)C(C)C(C)C2Br)C(Br)C1C. The maximum Gasteiger partial charge on any atom is 0.0216 e. The zero-order valence-corrected chi connectivity index (χ0v) is 20.8. The van der Waals surface area contributed by atoms with E-state index in [4.69, 9.17) is 0 Å². The van der Waals surface area contributed by atoms with Crippen LogP contribution in [0.15, 0.2) is 0 Å². The number of alkyl halides is 4. The minimum absolute atomic E-state index is 0.584. The number of hydrogen-bond acceptors (Lipinski definition) is 0. The number of rotatable bonds is 1. The first-order valence-corrected chi connectivity index (χ1v) is 12.3. The molecule has 8 atom stereocenters. The standard InChI is InChI=1S/C18H30Br4/c1-7-9(3)15(19)13(16(20)10(7)4)14-17(21)11(5)8(2)12(6)18(14)22/h7-18H,1-6H3. The summed E-state index contributed by atoms with van der Waals surface area (Å²) in [4.78, 5) is 2.34. The summed E-state index contributed by atoms with van der Waals surface area (Å²) in [6.45, 7) is 14.5. The highest BCUT2D eigenvalue weighted by molar-refractivity contribution is 9.10. The van der Waals surface area contributed by atoms with Crippen molar-refractivity contribution < 1.29 is 0 Å². The number of hydrogen-bond donors (Lipinski definition) is 0. The van der Waals surface area contributed by atoms with Crippen LogP contribution in [0.5, 0.6) is 0 Å². The average Bonchev–Trinajstić information content (AvgIpc) is 2.50. The molecule has 0 aromatic carbocycles. The zero-order chi connectivity index (χ0) is 16.9. The molecule has 4 heteroatoms. The molecule has 0 aromatic rings. The smallest absolute Gasteiger partial charge is 0.0216 e. The third kappa shape index (κ3) is 3.30. The molecule has 0 aromatic heterocycles. The van der Waals surface area contributed by atoms with Gasteiger partial charge in [0.15, 0.2) is 0 Å². The maximum absolute atomic E-state index is 4.10. The second-order valence-electron chi connectivity index (χ2n) is 8.09. The molecule has 0 radical (unpaired) electrons. The van der Waals surface area contributed by atoms with E-state index in [9.17, 15) is 0 Å². The Balaban J connectivity index is 2.35. The molecule has 0 nitrogen and oxygen atoms in total. The van der Waals surface area contributed by atoms with Crippen LogP contribution in [0.4, 0.5) is 0 Å². The maximum atomic E-state index is 4.10. The van der Waals surface area contributed by atoms with Crippen molar-refractivity contribution in [2.75, 3.05) is 0 Å². The summed E-state index contributed by atoms with van der Waals surface area (Å²) in [5.74, 6) is 5.71. The zero-order valence-electron chi connectivity index (χ0n) is 14.4. The van der Waals surface area contributed by atoms with Crippen molar-refractivity contribution in [3.05, 3.63) is 0 Å². The van der Waals surface area contributed by atoms with Crippen LogP contribution >= 0.6 is 63.7 Å². The minimum atomic E-state index is 0.584. The summed E-state index contributed by atoms with van der Waals surface area (Å²) < 4.78 is 0. The molecule has 0 bridgehead atoms. The van der Waals surface area contributed by atoms with Gasteiger partial charge in [0.05, 0.1) is 0 Å². The van der Waals surface area contributed by atoms with Gasteiger partial charge in [-0.05, 0) is 47.3 Å². The van der Waals surface area contributed by atoms with E-state index in [0.29, 0.717) is 31.1 Å². The molecule has 2 aliphatic carbocycles. The third-order valence-electron chi connectivity index (χ3n) is 7.24.